The minimum absolute atomic E-state index is 0.422. The molecule has 3 atom stereocenters. The normalized spacial score (nSPS) is 35.1. The van der Waals surface area contributed by atoms with Crippen LogP contribution in [0.2, 0.25) is 0 Å². The quantitative estimate of drug-likeness (QED) is 0.609. The van der Waals surface area contributed by atoms with Gasteiger partial charge >= 0.3 is 0 Å². The number of nitrogens with two attached hydrogens (primary N) is 1. The SMILES string of the molecule is CCC(N)C1CNC1CC. The maximum Gasteiger partial charge on any atom is 0.0120 e. The van der Waals surface area contributed by atoms with Gasteiger partial charge in [0.2, 0.25) is 0 Å². The highest BCUT2D eigenvalue weighted by atomic mass is 15.0. The molecule has 1 aliphatic rings. The third-order valence-electron chi connectivity index (χ3n) is 2.59. The molecule has 0 aromatic carbocycles. The average molecular weight is 142 g/mol. The first-order chi connectivity index (χ1) is 4.79. The van der Waals surface area contributed by atoms with Crippen molar-refractivity contribution in [1.29, 1.82) is 0 Å². The summed E-state index contributed by atoms with van der Waals surface area (Å²) < 4.78 is 0. The van der Waals surface area contributed by atoms with Crippen LogP contribution < -0.4 is 11.1 Å². The maximum atomic E-state index is 5.90. The molecule has 0 bridgehead atoms. The molecular formula is C8H18N2. The molecule has 3 N–H and O–H groups in total. The molecule has 1 rings (SSSR count). The number of hydrogen-bond acceptors (Lipinski definition) is 2. The van der Waals surface area contributed by atoms with Gasteiger partial charge < -0.3 is 11.1 Å². The van der Waals surface area contributed by atoms with E-state index in [1.165, 1.54) is 6.42 Å². The monoisotopic (exact) mass is 142 g/mol. The molecular weight excluding hydrogens is 124 g/mol. The predicted molar refractivity (Wildman–Crippen MR) is 43.8 cm³/mol. The lowest BCUT2D eigenvalue weighted by atomic mass is 9.83. The van der Waals surface area contributed by atoms with Crippen molar-refractivity contribution in [2.24, 2.45) is 11.7 Å². The Balaban J connectivity index is 2.27. The summed E-state index contributed by atoms with van der Waals surface area (Å²) in [6, 6.07) is 1.13. The zero-order valence-electron chi connectivity index (χ0n) is 6.93. The second-order valence-electron chi connectivity index (χ2n) is 3.16. The summed E-state index contributed by atoms with van der Waals surface area (Å²) in [4.78, 5) is 0. The van der Waals surface area contributed by atoms with Crippen molar-refractivity contribution in [3.63, 3.8) is 0 Å². The van der Waals surface area contributed by atoms with Gasteiger partial charge in [-0.3, -0.25) is 0 Å². The smallest absolute Gasteiger partial charge is 0.0120 e. The van der Waals surface area contributed by atoms with Crippen molar-refractivity contribution in [2.45, 2.75) is 38.8 Å². The first-order valence-electron chi connectivity index (χ1n) is 4.28. The van der Waals surface area contributed by atoms with Crippen LogP contribution in [-0.2, 0) is 0 Å². The summed E-state index contributed by atoms with van der Waals surface area (Å²) in [5.74, 6) is 0.745. The Kier molecular flexibility index (Phi) is 2.69. The highest BCUT2D eigenvalue weighted by molar-refractivity contribution is 4.92. The molecule has 2 heteroatoms. The van der Waals surface area contributed by atoms with Gasteiger partial charge in [-0.2, -0.15) is 0 Å². The summed E-state index contributed by atoms with van der Waals surface area (Å²) in [6.07, 6.45) is 2.33. The van der Waals surface area contributed by atoms with E-state index in [2.05, 4.69) is 19.2 Å². The summed E-state index contributed by atoms with van der Waals surface area (Å²) in [5.41, 5.74) is 5.90. The van der Waals surface area contributed by atoms with Crippen molar-refractivity contribution in [2.75, 3.05) is 6.54 Å². The van der Waals surface area contributed by atoms with E-state index >= 15 is 0 Å². The molecule has 0 aliphatic carbocycles. The van der Waals surface area contributed by atoms with Crippen LogP contribution in [0.1, 0.15) is 26.7 Å². The van der Waals surface area contributed by atoms with Crippen LogP contribution in [0.25, 0.3) is 0 Å². The summed E-state index contributed by atoms with van der Waals surface area (Å²) >= 11 is 0. The Labute approximate surface area is 63.2 Å². The second kappa shape index (κ2) is 3.35. The topological polar surface area (TPSA) is 38.0 Å². The van der Waals surface area contributed by atoms with Gasteiger partial charge in [-0.05, 0) is 12.8 Å². The zero-order valence-corrected chi connectivity index (χ0v) is 6.93. The highest BCUT2D eigenvalue weighted by Gasteiger charge is 2.32. The molecule has 1 heterocycles. The fraction of sp³-hybridized carbons (Fsp3) is 1.00. The lowest BCUT2D eigenvalue weighted by molar-refractivity contribution is 0.186. The molecule has 0 spiro atoms. The molecule has 0 amide bonds. The van der Waals surface area contributed by atoms with E-state index < -0.39 is 0 Å². The van der Waals surface area contributed by atoms with E-state index in [1.807, 2.05) is 0 Å². The van der Waals surface area contributed by atoms with Gasteiger partial charge in [0.25, 0.3) is 0 Å². The average Bonchev–Trinajstić information content (AvgIpc) is 1.86. The Morgan fingerprint density at radius 2 is 2.30 bits per heavy atom. The lowest BCUT2D eigenvalue weighted by Crippen LogP contribution is -2.59. The van der Waals surface area contributed by atoms with Crippen LogP contribution in [0.4, 0.5) is 0 Å². The fourth-order valence-corrected chi connectivity index (χ4v) is 1.62. The molecule has 1 fully saturated rings. The molecule has 60 valence electrons. The molecule has 1 aliphatic heterocycles. The van der Waals surface area contributed by atoms with Crippen molar-refractivity contribution in [3.05, 3.63) is 0 Å². The standard InChI is InChI=1S/C8H18N2/c1-3-7(9)6-5-10-8(6)4-2/h6-8,10H,3-5,9H2,1-2H3. The second-order valence-corrected chi connectivity index (χ2v) is 3.16. The summed E-state index contributed by atoms with van der Waals surface area (Å²) in [7, 11) is 0. The molecule has 0 aromatic heterocycles. The van der Waals surface area contributed by atoms with Gasteiger partial charge in [0, 0.05) is 24.5 Å². The fourth-order valence-electron chi connectivity index (χ4n) is 1.62. The maximum absolute atomic E-state index is 5.90. The van der Waals surface area contributed by atoms with Crippen LogP contribution in [0.3, 0.4) is 0 Å². The Hall–Kier alpha value is -0.0800. The van der Waals surface area contributed by atoms with Crippen LogP contribution in [0.15, 0.2) is 0 Å². The number of nitrogens with one attached hydrogen (secondary N) is 1. The molecule has 10 heavy (non-hydrogen) atoms. The highest BCUT2D eigenvalue weighted by Crippen LogP contribution is 2.20. The Morgan fingerprint density at radius 1 is 1.60 bits per heavy atom. The van der Waals surface area contributed by atoms with Gasteiger partial charge in [0.15, 0.2) is 0 Å². The van der Waals surface area contributed by atoms with E-state index in [0.29, 0.717) is 12.1 Å². The van der Waals surface area contributed by atoms with Gasteiger partial charge in [0.1, 0.15) is 0 Å². The first-order valence-corrected chi connectivity index (χ1v) is 4.28. The lowest BCUT2D eigenvalue weighted by Gasteiger charge is -2.41. The van der Waals surface area contributed by atoms with Crippen LogP contribution in [-0.4, -0.2) is 18.6 Å². The molecule has 1 saturated heterocycles. The summed E-state index contributed by atoms with van der Waals surface area (Å²) in [5, 5.41) is 3.38. The Bertz CT molecular complexity index is 94.7. The summed E-state index contributed by atoms with van der Waals surface area (Å²) in [6.45, 7) is 5.51. The minimum Gasteiger partial charge on any atom is -0.327 e. The minimum atomic E-state index is 0.422. The van der Waals surface area contributed by atoms with Crippen LogP contribution in [0.5, 0.6) is 0 Å². The Morgan fingerprint density at radius 3 is 2.60 bits per heavy atom. The molecule has 0 aromatic rings. The van der Waals surface area contributed by atoms with E-state index in [1.54, 1.807) is 0 Å². The predicted octanol–water partition coefficient (Wildman–Crippen LogP) is 0.722. The van der Waals surface area contributed by atoms with E-state index in [9.17, 15) is 0 Å². The van der Waals surface area contributed by atoms with Crippen LogP contribution >= 0.6 is 0 Å². The van der Waals surface area contributed by atoms with Gasteiger partial charge in [-0.1, -0.05) is 13.8 Å². The largest absolute Gasteiger partial charge is 0.327 e. The molecule has 0 radical (unpaired) electrons. The van der Waals surface area contributed by atoms with E-state index in [4.69, 9.17) is 5.73 Å². The molecule has 3 unspecified atom stereocenters. The molecule has 0 saturated carbocycles. The number of hydrogen-bond donors (Lipinski definition) is 2. The van der Waals surface area contributed by atoms with Crippen molar-refractivity contribution in [1.82, 2.24) is 5.32 Å². The third-order valence-corrected chi connectivity index (χ3v) is 2.59. The van der Waals surface area contributed by atoms with E-state index in [0.717, 1.165) is 18.9 Å². The van der Waals surface area contributed by atoms with E-state index in [-0.39, 0.29) is 0 Å². The van der Waals surface area contributed by atoms with Gasteiger partial charge in [-0.15, -0.1) is 0 Å². The van der Waals surface area contributed by atoms with Crippen molar-refractivity contribution in [3.8, 4) is 0 Å². The van der Waals surface area contributed by atoms with Crippen molar-refractivity contribution >= 4 is 0 Å². The van der Waals surface area contributed by atoms with Crippen LogP contribution in [0, 0.1) is 5.92 Å². The number of rotatable bonds is 3. The van der Waals surface area contributed by atoms with Crippen molar-refractivity contribution < 1.29 is 0 Å². The van der Waals surface area contributed by atoms with Gasteiger partial charge in [-0.25, -0.2) is 0 Å². The zero-order chi connectivity index (χ0) is 7.56. The third kappa shape index (κ3) is 1.32. The first kappa shape index (κ1) is 8.02. The van der Waals surface area contributed by atoms with Gasteiger partial charge in [0.05, 0.1) is 0 Å². The molecule has 2 nitrogen and oxygen atoms in total.